The zero-order valence-electron chi connectivity index (χ0n) is 8.62. The third-order valence-electron chi connectivity index (χ3n) is 1.94. The molecule has 0 aromatic carbocycles. The first-order valence-electron chi connectivity index (χ1n) is 4.97. The number of ether oxygens (including phenoxy) is 3. The lowest BCUT2D eigenvalue weighted by molar-refractivity contribution is 0.0172. The first-order valence-corrected chi connectivity index (χ1v) is 5.51. The molecule has 0 saturated carbocycles. The fourth-order valence-corrected chi connectivity index (χ4v) is 1.29. The zero-order chi connectivity index (χ0) is 10.9. The molecule has 0 unspecified atom stereocenters. The van der Waals surface area contributed by atoms with Gasteiger partial charge in [0.05, 0.1) is 26.4 Å². The van der Waals surface area contributed by atoms with E-state index >= 15 is 0 Å². The van der Waals surface area contributed by atoms with Crippen LogP contribution in [0.1, 0.15) is 0 Å². The van der Waals surface area contributed by atoms with Gasteiger partial charge in [0.2, 0.25) is 0 Å². The molecule has 1 amide bonds. The van der Waals surface area contributed by atoms with Gasteiger partial charge in [-0.3, -0.25) is 0 Å². The Bertz CT molecular complexity index is 185. The van der Waals surface area contributed by atoms with Crippen LogP contribution in [0, 0.1) is 0 Å². The molecule has 0 atom stereocenters. The van der Waals surface area contributed by atoms with Crippen molar-refractivity contribution in [1.82, 2.24) is 4.90 Å². The predicted molar refractivity (Wildman–Crippen MR) is 55.3 cm³/mol. The molecule has 0 bridgehead atoms. The number of carbonyl (C=O) groups excluding carboxylic acids is 1. The van der Waals surface area contributed by atoms with E-state index in [1.54, 1.807) is 4.90 Å². The van der Waals surface area contributed by atoms with Gasteiger partial charge in [0.1, 0.15) is 6.61 Å². The summed E-state index contributed by atoms with van der Waals surface area (Å²) in [4.78, 5) is 13.0. The molecule has 0 radical (unpaired) electrons. The van der Waals surface area contributed by atoms with Crippen molar-refractivity contribution in [2.24, 2.45) is 0 Å². The minimum absolute atomic E-state index is 0.271. The number of hydrogen-bond donors (Lipinski definition) is 0. The SMILES string of the molecule is O=C(OCCOCCCl)N1CCOCC1. The summed E-state index contributed by atoms with van der Waals surface area (Å²) in [5, 5.41) is 0. The van der Waals surface area contributed by atoms with E-state index in [0.717, 1.165) is 0 Å². The van der Waals surface area contributed by atoms with Crippen molar-refractivity contribution in [2.45, 2.75) is 0 Å². The highest BCUT2D eigenvalue weighted by Crippen LogP contribution is 1.99. The van der Waals surface area contributed by atoms with Gasteiger partial charge in [0, 0.05) is 19.0 Å². The Morgan fingerprint density at radius 2 is 2.00 bits per heavy atom. The van der Waals surface area contributed by atoms with Gasteiger partial charge in [0.15, 0.2) is 0 Å². The van der Waals surface area contributed by atoms with Gasteiger partial charge < -0.3 is 19.1 Å². The fraction of sp³-hybridized carbons (Fsp3) is 0.889. The van der Waals surface area contributed by atoms with Crippen molar-refractivity contribution < 1.29 is 19.0 Å². The standard InChI is InChI=1S/C9H16ClNO4/c10-1-4-13-7-8-15-9(12)11-2-5-14-6-3-11/h1-8H2. The van der Waals surface area contributed by atoms with Crippen LogP contribution < -0.4 is 0 Å². The lowest BCUT2D eigenvalue weighted by Crippen LogP contribution is -2.41. The lowest BCUT2D eigenvalue weighted by atomic mass is 10.5. The monoisotopic (exact) mass is 237 g/mol. The maximum absolute atomic E-state index is 11.4. The van der Waals surface area contributed by atoms with Crippen LogP contribution in [0.4, 0.5) is 4.79 Å². The number of hydrogen-bond acceptors (Lipinski definition) is 4. The van der Waals surface area contributed by atoms with E-state index in [4.69, 9.17) is 25.8 Å². The third kappa shape index (κ3) is 5.20. The first kappa shape index (κ1) is 12.5. The van der Waals surface area contributed by atoms with Crippen molar-refractivity contribution in [1.29, 1.82) is 0 Å². The molecule has 6 heteroatoms. The van der Waals surface area contributed by atoms with Crippen molar-refractivity contribution in [3.05, 3.63) is 0 Å². The van der Waals surface area contributed by atoms with Crippen LogP contribution in [0.25, 0.3) is 0 Å². The van der Waals surface area contributed by atoms with E-state index in [9.17, 15) is 4.79 Å². The molecule has 1 heterocycles. The number of rotatable bonds is 5. The summed E-state index contributed by atoms with van der Waals surface area (Å²) in [6.07, 6.45) is -0.298. The molecular weight excluding hydrogens is 222 g/mol. The smallest absolute Gasteiger partial charge is 0.409 e. The van der Waals surface area contributed by atoms with Gasteiger partial charge in [-0.25, -0.2) is 4.79 Å². The third-order valence-corrected chi connectivity index (χ3v) is 2.10. The number of morpholine rings is 1. The maximum Gasteiger partial charge on any atom is 0.409 e. The molecule has 0 aliphatic carbocycles. The molecule has 1 aliphatic rings. The van der Waals surface area contributed by atoms with Gasteiger partial charge >= 0.3 is 6.09 Å². The van der Waals surface area contributed by atoms with E-state index in [1.165, 1.54) is 0 Å². The number of carbonyl (C=O) groups is 1. The first-order chi connectivity index (χ1) is 7.34. The molecule has 1 rings (SSSR count). The van der Waals surface area contributed by atoms with Crippen molar-refractivity contribution >= 4 is 17.7 Å². The van der Waals surface area contributed by atoms with Crippen molar-refractivity contribution in [2.75, 3.05) is 52.0 Å². The molecule has 5 nitrogen and oxygen atoms in total. The van der Waals surface area contributed by atoms with Crippen molar-refractivity contribution in [3.63, 3.8) is 0 Å². The minimum Gasteiger partial charge on any atom is -0.447 e. The topological polar surface area (TPSA) is 48.0 Å². The Morgan fingerprint density at radius 1 is 1.27 bits per heavy atom. The Kier molecular flexibility index (Phi) is 6.47. The van der Waals surface area contributed by atoms with Crippen LogP contribution in [0.5, 0.6) is 0 Å². The predicted octanol–water partition coefficient (Wildman–Crippen LogP) is 0.711. The second-order valence-electron chi connectivity index (χ2n) is 3.02. The second kappa shape index (κ2) is 7.73. The largest absolute Gasteiger partial charge is 0.447 e. The van der Waals surface area contributed by atoms with Crippen LogP contribution in [0.15, 0.2) is 0 Å². The van der Waals surface area contributed by atoms with Crippen LogP contribution in [0.2, 0.25) is 0 Å². The average molecular weight is 238 g/mol. The molecule has 0 spiro atoms. The summed E-state index contributed by atoms with van der Waals surface area (Å²) in [7, 11) is 0. The number of halogens is 1. The number of nitrogens with zero attached hydrogens (tertiary/aromatic N) is 1. The zero-order valence-corrected chi connectivity index (χ0v) is 9.37. The molecule has 1 saturated heterocycles. The molecule has 0 aromatic rings. The number of amides is 1. The molecule has 1 fully saturated rings. The van der Waals surface area contributed by atoms with E-state index in [2.05, 4.69) is 0 Å². The molecule has 0 N–H and O–H groups in total. The van der Waals surface area contributed by atoms with Gasteiger partial charge in [-0.2, -0.15) is 0 Å². The van der Waals surface area contributed by atoms with E-state index < -0.39 is 0 Å². The van der Waals surface area contributed by atoms with E-state index in [-0.39, 0.29) is 12.7 Å². The Labute approximate surface area is 94.2 Å². The molecular formula is C9H16ClNO4. The Morgan fingerprint density at radius 3 is 2.67 bits per heavy atom. The summed E-state index contributed by atoms with van der Waals surface area (Å²) in [5.74, 6) is 0.456. The quantitative estimate of drug-likeness (QED) is 0.522. The summed E-state index contributed by atoms with van der Waals surface area (Å²) >= 11 is 5.41. The minimum atomic E-state index is -0.298. The second-order valence-corrected chi connectivity index (χ2v) is 3.39. The maximum atomic E-state index is 11.4. The van der Waals surface area contributed by atoms with Gasteiger partial charge in [-0.15, -0.1) is 11.6 Å². The Balaban J connectivity index is 2.02. The van der Waals surface area contributed by atoms with Crippen molar-refractivity contribution in [3.8, 4) is 0 Å². The highest BCUT2D eigenvalue weighted by Gasteiger charge is 2.17. The highest BCUT2D eigenvalue weighted by atomic mass is 35.5. The fourth-order valence-electron chi connectivity index (χ4n) is 1.18. The molecule has 1 aliphatic heterocycles. The summed E-state index contributed by atoms with van der Waals surface area (Å²) in [6.45, 7) is 3.50. The van der Waals surface area contributed by atoms with E-state index in [1.807, 2.05) is 0 Å². The van der Waals surface area contributed by atoms with E-state index in [0.29, 0.717) is 45.4 Å². The van der Waals surface area contributed by atoms with Crippen LogP contribution in [0.3, 0.4) is 0 Å². The Hall–Kier alpha value is -0.520. The highest BCUT2D eigenvalue weighted by molar-refractivity contribution is 6.17. The van der Waals surface area contributed by atoms with Crippen LogP contribution in [-0.4, -0.2) is 63.0 Å². The average Bonchev–Trinajstić information content (AvgIpc) is 2.30. The summed E-state index contributed by atoms with van der Waals surface area (Å²) in [5.41, 5.74) is 0. The molecule has 88 valence electrons. The van der Waals surface area contributed by atoms with Gasteiger partial charge in [0.25, 0.3) is 0 Å². The van der Waals surface area contributed by atoms with Gasteiger partial charge in [-0.05, 0) is 0 Å². The lowest BCUT2D eigenvalue weighted by Gasteiger charge is -2.25. The molecule has 15 heavy (non-hydrogen) atoms. The summed E-state index contributed by atoms with van der Waals surface area (Å²) < 4.78 is 15.2. The van der Waals surface area contributed by atoms with Crippen LogP contribution >= 0.6 is 11.6 Å². The van der Waals surface area contributed by atoms with Crippen LogP contribution in [-0.2, 0) is 14.2 Å². The number of alkyl halides is 1. The van der Waals surface area contributed by atoms with Gasteiger partial charge in [-0.1, -0.05) is 0 Å². The normalized spacial score (nSPS) is 16.5. The summed E-state index contributed by atoms with van der Waals surface area (Å²) in [6, 6.07) is 0. The molecule has 0 aromatic heterocycles.